The second kappa shape index (κ2) is 12.1. The van der Waals surface area contributed by atoms with Crippen molar-refractivity contribution < 1.29 is 33.4 Å². The number of nitrogens with one attached hydrogen (secondary N) is 1. The van der Waals surface area contributed by atoms with Crippen molar-refractivity contribution >= 4 is 58.0 Å². The number of carbonyl (C=O) groups is 4. The van der Waals surface area contributed by atoms with Crippen LogP contribution in [0.2, 0.25) is 5.02 Å². The largest absolute Gasteiger partial charge is 0.504 e. The molecule has 11 heteroatoms. The van der Waals surface area contributed by atoms with Crippen molar-refractivity contribution in [1.82, 2.24) is 0 Å². The Morgan fingerprint density at radius 2 is 1.55 bits per heavy atom. The molecule has 8 rings (SSSR count). The van der Waals surface area contributed by atoms with Gasteiger partial charge in [-0.2, -0.15) is 0 Å². The lowest BCUT2D eigenvalue weighted by Gasteiger charge is -2.49. The van der Waals surface area contributed by atoms with E-state index in [1.165, 1.54) is 30.2 Å². The molecule has 6 unspecified atom stereocenters. The lowest BCUT2D eigenvalue weighted by atomic mass is 9.51. The Morgan fingerprint density at radius 1 is 0.843 bits per heavy atom. The minimum absolute atomic E-state index is 0.140. The molecular weight excluding hydrogens is 673 g/mol. The van der Waals surface area contributed by atoms with Gasteiger partial charge in [-0.3, -0.25) is 24.1 Å². The number of amides is 4. The number of methoxy groups -OCH3 is 1. The Hall–Kier alpha value is -5.48. The smallest absolute Gasteiger partial charge is 0.241 e. The number of hydrogen-bond acceptors (Lipinski definition) is 7. The molecule has 2 aliphatic heterocycles. The van der Waals surface area contributed by atoms with Crippen LogP contribution in [0, 0.1) is 34.9 Å². The normalized spacial score (nSPS) is 26.8. The number of aromatic hydroxyl groups is 1. The van der Waals surface area contributed by atoms with Gasteiger partial charge in [0, 0.05) is 17.3 Å². The Bertz CT molecular complexity index is 2160. The van der Waals surface area contributed by atoms with Crippen molar-refractivity contribution in [2.24, 2.45) is 29.1 Å². The molecule has 0 bridgehead atoms. The minimum atomic E-state index is -1.35. The molecule has 2 aliphatic carbocycles. The third-order valence-electron chi connectivity index (χ3n) is 11.2. The average Bonchev–Trinajstić information content (AvgIpc) is 3.49. The number of halogens is 2. The van der Waals surface area contributed by atoms with Gasteiger partial charge in [0.25, 0.3) is 0 Å². The second-order valence-corrected chi connectivity index (χ2v) is 14.1. The van der Waals surface area contributed by atoms with E-state index in [1.807, 2.05) is 48.5 Å². The zero-order valence-electron chi connectivity index (χ0n) is 27.7. The van der Waals surface area contributed by atoms with Gasteiger partial charge in [0.1, 0.15) is 5.82 Å². The van der Waals surface area contributed by atoms with Crippen LogP contribution in [0.5, 0.6) is 11.5 Å². The third-order valence-corrected chi connectivity index (χ3v) is 11.4. The fourth-order valence-corrected chi connectivity index (χ4v) is 8.96. The summed E-state index contributed by atoms with van der Waals surface area (Å²) in [7, 11) is 1.43. The molecule has 2 heterocycles. The molecule has 2 saturated heterocycles. The summed E-state index contributed by atoms with van der Waals surface area (Å²) < 4.78 is 19.4. The van der Waals surface area contributed by atoms with E-state index in [9.17, 15) is 28.7 Å². The number of rotatable bonds is 6. The molecule has 4 aromatic carbocycles. The number of para-hydroxylation sites is 1. The van der Waals surface area contributed by atoms with E-state index >= 15 is 0 Å². The van der Waals surface area contributed by atoms with Crippen LogP contribution in [0.1, 0.15) is 31.2 Å². The predicted octanol–water partition coefficient (Wildman–Crippen LogP) is 7.37. The summed E-state index contributed by atoms with van der Waals surface area (Å²) in [4.78, 5) is 59.7. The molecule has 4 aliphatic rings. The summed E-state index contributed by atoms with van der Waals surface area (Å²) in [5, 5.41) is 13.9. The Kier molecular flexibility index (Phi) is 7.75. The Balaban J connectivity index is 1.18. The molecule has 0 radical (unpaired) electrons. The Labute approximate surface area is 298 Å². The summed E-state index contributed by atoms with van der Waals surface area (Å²) in [6.07, 6.45) is 2.35. The minimum Gasteiger partial charge on any atom is -0.504 e. The molecule has 0 spiro atoms. The number of hydrogen-bond donors (Lipinski definition) is 2. The molecule has 0 aromatic heterocycles. The van der Waals surface area contributed by atoms with E-state index in [0.29, 0.717) is 11.3 Å². The van der Waals surface area contributed by atoms with Crippen LogP contribution in [-0.2, 0) is 19.2 Å². The number of nitrogens with zero attached hydrogens (tertiary/aromatic N) is 2. The van der Waals surface area contributed by atoms with E-state index in [-0.39, 0.29) is 46.9 Å². The van der Waals surface area contributed by atoms with Gasteiger partial charge in [-0.25, -0.2) is 9.29 Å². The van der Waals surface area contributed by atoms with Crippen molar-refractivity contribution in [1.29, 1.82) is 0 Å². The number of phenolic OH excluding ortho intramolecular Hbond substituents is 1. The van der Waals surface area contributed by atoms with Gasteiger partial charge in [0.15, 0.2) is 11.5 Å². The summed E-state index contributed by atoms with van der Waals surface area (Å²) in [6.45, 7) is 1.73. The topological polar surface area (TPSA) is 116 Å². The fourth-order valence-electron chi connectivity index (χ4n) is 8.79. The molecule has 9 nitrogen and oxygen atoms in total. The fraction of sp³-hybridized carbons (Fsp3) is 0.250. The first-order valence-electron chi connectivity index (χ1n) is 16.7. The maximum atomic E-state index is 14.6. The molecule has 4 amide bonds. The van der Waals surface area contributed by atoms with Crippen molar-refractivity contribution in [3.05, 3.63) is 119 Å². The van der Waals surface area contributed by atoms with Gasteiger partial charge in [-0.05, 0) is 98.0 Å². The van der Waals surface area contributed by atoms with Crippen molar-refractivity contribution in [2.45, 2.75) is 25.7 Å². The molecular formula is C40H33ClFN3O6. The predicted molar refractivity (Wildman–Crippen MR) is 189 cm³/mol. The standard InChI is InChI=1S/C40H33ClFN3O6/c1-40-29(37(48)45(39(40)50)25-13-16-31(42)30(41)19-25)20-28-26(35(40)21-8-17-33(51-2)32(46)18-21)14-15-27-34(28)38(49)44(36(27)47)24-11-9-23(10-12-24)43-22-6-4-3-5-7-22/h3-14,16-19,27-29,34-35,43,46H,15,20H2,1-2H3. The number of anilines is 4. The molecule has 51 heavy (non-hydrogen) atoms. The van der Waals surface area contributed by atoms with E-state index in [2.05, 4.69) is 5.32 Å². The van der Waals surface area contributed by atoms with Gasteiger partial charge < -0.3 is 15.2 Å². The van der Waals surface area contributed by atoms with Crippen LogP contribution in [0.3, 0.4) is 0 Å². The highest BCUT2D eigenvalue weighted by atomic mass is 35.5. The van der Waals surface area contributed by atoms with E-state index < -0.39 is 52.6 Å². The number of carbonyl (C=O) groups excluding carboxylic acids is 4. The second-order valence-electron chi connectivity index (χ2n) is 13.7. The zero-order valence-corrected chi connectivity index (χ0v) is 28.4. The SMILES string of the molecule is COc1ccc(C2C3=CCC4C(=O)N(c5ccc(Nc6ccccc6)cc5)C(=O)C4C3CC3C(=O)N(c4ccc(F)c(Cl)c4)C(=O)C32C)cc1O. The lowest BCUT2D eigenvalue weighted by Crippen LogP contribution is -2.48. The highest BCUT2D eigenvalue weighted by Crippen LogP contribution is 2.64. The van der Waals surface area contributed by atoms with Gasteiger partial charge in [-0.1, -0.05) is 47.5 Å². The van der Waals surface area contributed by atoms with E-state index in [4.69, 9.17) is 16.3 Å². The van der Waals surface area contributed by atoms with Gasteiger partial charge in [0.2, 0.25) is 23.6 Å². The first-order valence-corrected chi connectivity index (χ1v) is 17.1. The quantitative estimate of drug-likeness (QED) is 0.159. The van der Waals surface area contributed by atoms with E-state index in [1.54, 1.807) is 31.2 Å². The zero-order chi connectivity index (χ0) is 35.8. The highest BCUT2D eigenvalue weighted by molar-refractivity contribution is 6.32. The highest BCUT2D eigenvalue weighted by Gasteiger charge is 2.67. The maximum absolute atomic E-state index is 14.6. The summed E-state index contributed by atoms with van der Waals surface area (Å²) >= 11 is 6.09. The van der Waals surface area contributed by atoms with Crippen molar-refractivity contribution in [3.63, 3.8) is 0 Å². The molecule has 4 aromatic rings. The summed E-state index contributed by atoms with van der Waals surface area (Å²) in [5.74, 6) is -5.87. The van der Waals surface area contributed by atoms with Gasteiger partial charge in [-0.15, -0.1) is 0 Å². The maximum Gasteiger partial charge on any atom is 0.241 e. The van der Waals surface area contributed by atoms with Gasteiger partial charge >= 0.3 is 0 Å². The van der Waals surface area contributed by atoms with E-state index in [0.717, 1.165) is 27.9 Å². The molecule has 2 N–H and O–H groups in total. The van der Waals surface area contributed by atoms with Crippen molar-refractivity contribution in [3.8, 4) is 11.5 Å². The van der Waals surface area contributed by atoms with Crippen LogP contribution >= 0.6 is 11.6 Å². The van der Waals surface area contributed by atoms with Crippen LogP contribution in [-0.4, -0.2) is 35.8 Å². The average molecular weight is 706 g/mol. The molecule has 1 saturated carbocycles. The van der Waals surface area contributed by atoms with Gasteiger partial charge in [0.05, 0.1) is 46.7 Å². The number of imide groups is 2. The van der Waals surface area contributed by atoms with Crippen LogP contribution in [0.15, 0.2) is 103 Å². The number of benzene rings is 4. The first kappa shape index (κ1) is 32.7. The number of phenols is 1. The molecule has 258 valence electrons. The monoisotopic (exact) mass is 705 g/mol. The summed E-state index contributed by atoms with van der Waals surface area (Å²) in [6, 6.07) is 25.3. The number of fused-ring (bicyclic) bond motifs is 4. The number of ether oxygens (including phenoxy) is 1. The van der Waals surface area contributed by atoms with Crippen LogP contribution in [0.25, 0.3) is 0 Å². The van der Waals surface area contributed by atoms with Crippen LogP contribution < -0.4 is 19.9 Å². The summed E-state index contributed by atoms with van der Waals surface area (Å²) in [5.41, 5.74) is 2.26. The van der Waals surface area contributed by atoms with Crippen LogP contribution in [0.4, 0.5) is 27.1 Å². The Morgan fingerprint density at radius 3 is 2.24 bits per heavy atom. The van der Waals surface area contributed by atoms with Crippen molar-refractivity contribution in [2.75, 3.05) is 22.2 Å². The molecule has 6 atom stereocenters. The third kappa shape index (κ3) is 4.95. The molecule has 3 fully saturated rings. The first-order chi connectivity index (χ1) is 24.5. The lowest BCUT2D eigenvalue weighted by molar-refractivity contribution is -0.131. The number of allylic oxidation sites excluding steroid dienone is 2.